The lowest BCUT2D eigenvalue weighted by atomic mass is 9.97. The summed E-state index contributed by atoms with van der Waals surface area (Å²) in [5.41, 5.74) is 2.84. The molecule has 0 unspecified atom stereocenters. The number of benzene rings is 2. The van der Waals surface area contributed by atoms with E-state index < -0.39 is 0 Å². The molecule has 0 bridgehead atoms. The highest BCUT2D eigenvalue weighted by Crippen LogP contribution is 2.31. The maximum atomic E-state index is 12.9. The van der Waals surface area contributed by atoms with E-state index in [1.165, 1.54) is 11.3 Å². The molecule has 0 spiro atoms. The number of aromatic nitrogens is 3. The number of rotatable bonds is 6. The zero-order valence-electron chi connectivity index (χ0n) is 20.6. The Hall–Kier alpha value is -3.72. The molecule has 3 heterocycles. The number of anilines is 1. The molecular formula is C27H29N5O3S. The van der Waals surface area contributed by atoms with Crippen LogP contribution in [0.4, 0.5) is 5.95 Å². The van der Waals surface area contributed by atoms with Crippen molar-refractivity contribution in [1.29, 1.82) is 0 Å². The fourth-order valence-corrected chi connectivity index (χ4v) is 5.43. The van der Waals surface area contributed by atoms with Gasteiger partial charge in [0, 0.05) is 37.0 Å². The monoisotopic (exact) mass is 503 g/mol. The van der Waals surface area contributed by atoms with Gasteiger partial charge in [-0.1, -0.05) is 12.1 Å². The Labute approximate surface area is 213 Å². The van der Waals surface area contributed by atoms with E-state index in [1.807, 2.05) is 78.9 Å². The van der Waals surface area contributed by atoms with Gasteiger partial charge in [-0.3, -0.25) is 14.9 Å². The molecule has 0 saturated carbocycles. The van der Waals surface area contributed by atoms with Crippen LogP contribution in [0.25, 0.3) is 11.0 Å². The van der Waals surface area contributed by atoms with Crippen molar-refractivity contribution in [1.82, 2.24) is 19.4 Å². The normalized spacial score (nSPS) is 14.4. The maximum Gasteiger partial charge on any atom is 0.277 e. The Balaban J connectivity index is 1.18. The summed E-state index contributed by atoms with van der Waals surface area (Å²) < 4.78 is 7.52. The molecule has 1 N–H and O–H groups in total. The molecular weight excluding hydrogens is 474 g/mol. The molecule has 0 radical (unpaired) electrons. The second-order valence-electron chi connectivity index (χ2n) is 9.27. The number of hydrogen-bond acceptors (Lipinski definition) is 6. The van der Waals surface area contributed by atoms with Crippen LogP contribution in [0.3, 0.4) is 0 Å². The molecule has 1 aliphatic heterocycles. The number of carbonyl (C=O) groups excluding carboxylic acids is 2. The summed E-state index contributed by atoms with van der Waals surface area (Å²) >= 11 is 1.50. The van der Waals surface area contributed by atoms with Crippen molar-refractivity contribution in [3.05, 3.63) is 70.2 Å². The van der Waals surface area contributed by atoms with E-state index in [0.717, 1.165) is 34.6 Å². The van der Waals surface area contributed by atoms with Crippen LogP contribution in [-0.4, -0.2) is 50.4 Å². The minimum absolute atomic E-state index is 0.0335. The van der Waals surface area contributed by atoms with Crippen LogP contribution in [0.15, 0.2) is 53.9 Å². The Morgan fingerprint density at radius 2 is 1.78 bits per heavy atom. The van der Waals surface area contributed by atoms with Crippen molar-refractivity contribution in [2.45, 2.75) is 38.7 Å². The molecule has 8 nitrogen and oxygen atoms in total. The lowest BCUT2D eigenvalue weighted by Gasteiger charge is -2.31. The van der Waals surface area contributed by atoms with Gasteiger partial charge in [0.2, 0.25) is 5.95 Å². The van der Waals surface area contributed by atoms with Crippen LogP contribution in [0.1, 0.15) is 58.5 Å². The van der Waals surface area contributed by atoms with Gasteiger partial charge in [-0.25, -0.2) is 9.97 Å². The predicted octanol–water partition coefficient (Wildman–Crippen LogP) is 5.09. The largest absolute Gasteiger partial charge is 0.491 e. The highest BCUT2D eigenvalue weighted by atomic mass is 32.1. The highest BCUT2D eigenvalue weighted by Gasteiger charge is 2.27. The molecule has 5 rings (SSSR count). The van der Waals surface area contributed by atoms with E-state index in [-0.39, 0.29) is 23.8 Å². The van der Waals surface area contributed by atoms with Gasteiger partial charge in [-0.15, -0.1) is 11.3 Å². The first-order valence-corrected chi connectivity index (χ1v) is 13.0. The third kappa shape index (κ3) is 4.97. The Bertz CT molecular complexity index is 1380. The van der Waals surface area contributed by atoms with Gasteiger partial charge < -0.3 is 14.2 Å². The van der Waals surface area contributed by atoms with E-state index >= 15 is 0 Å². The summed E-state index contributed by atoms with van der Waals surface area (Å²) in [5, 5.41) is 5.62. The summed E-state index contributed by atoms with van der Waals surface area (Å²) in [6.07, 6.45) is 1.73. The van der Waals surface area contributed by atoms with Crippen molar-refractivity contribution in [3.63, 3.8) is 0 Å². The fourth-order valence-electron chi connectivity index (χ4n) is 4.46. The van der Waals surface area contributed by atoms with Crippen LogP contribution in [0.2, 0.25) is 0 Å². The van der Waals surface area contributed by atoms with Gasteiger partial charge in [0.1, 0.15) is 11.4 Å². The number of aryl methyl sites for hydroxylation is 1. The average molecular weight is 504 g/mol. The molecule has 186 valence electrons. The SMILES string of the molecule is CC(C)Oc1ccc(C(=O)N2CCC(c3nc(C(=O)Nc4nc5ccccc5n4C)cs3)CC2)cc1. The molecule has 4 aromatic rings. The standard InChI is InChI=1S/C27H29N5O3S/c1-17(2)35-20-10-8-19(9-11-20)26(34)32-14-12-18(13-15-32)25-28-22(16-36-25)24(33)30-27-29-21-6-4-5-7-23(21)31(27)3/h4-11,16-18H,12-15H2,1-3H3,(H,29,30,33). The third-order valence-electron chi connectivity index (χ3n) is 6.37. The molecule has 2 aromatic heterocycles. The molecule has 9 heteroatoms. The summed E-state index contributed by atoms with van der Waals surface area (Å²) in [4.78, 5) is 36.8. The van der Waals surface area contributed by atoms with Gasteiger partial charge in [0.15, 0.2) is 0 Å². The zero-order chi connectivity index (χ0) is 25.2. The fraction of sp³-hybridized carbons (Fsp3) is 0.333. The number of likely N-dealkylation sites (tertiary alicyclic amines) is 1. The number of amides is 2. The molecule has 0 aliphatic carbocycles. The number of para-hydroxylation sites is 2. The Morgan fingerprint density at radius 3 is 2.47 bits per heavy atom. The quantitative estimate of drug-likeness (QED) is 0.396. The second-order valence-corrected chi connectivity index (χ2v) is 10.2. The van der Waals surface area contributed by atoms with E-state index in [2.05, 4.69) is 15.3 Å². The predicted molar refractivity (Wildman–Crippen MR) is 141 cm³/mol. The number of hydrogen-bond donors (Lipinski definition) is 1. The summed E-state index contributed by atoms with van der Waals surface area (Å²) in [5.74, 6) is 1.25. The van der Waals surface area contributed by atoms with Crippen LogP contribution in [-0.2, 0) is 7.05 Å². The smallest absolute Gasteiger partial charge is 0.277 e. The topological polar surface area (TPSA) is 89.3 Å². The average Bonchev–Trinajstić information content (AvgIpc) is 3.50. The van der Waals surface area contributed by atoms with Gasteiger partial charge in [0.05, 0.1) is 22.1 Å². The first-order valence-electron chi connectivity index (χ1n) is 12.1. The number of ether oxygens (including phenoxy) is 1. The number of nitrogens with one attached hydrogen (secondary N) is 1. The number of fused-ring (bicyclic) bond motifs is 1. The highest BCUT2D eigenvalue weighted by molar-refractivity contribution is 7.10. The minimum Gasteiger partial charge on any atom is -0.491 e. The third-order valence-corrected chi connectivity index (χ3v) is 7.38. The van der Waals surface area contributed by atoms with Crippen molar-refractivity contribution in [3.8, 4) is 5.75 Å². The lowest BCUT2D eigenvalue weighted by Crippen LogP contribution is -2.37. The van der Waals surface area contributed by atoms with Crippen molar-refractivity contribution in [2.75, 3.05) is 18.4 Å². The van der Waals surface area contributed by atoms with E-state index in [4.69, 9.17) is 4.74 Å². The first-order chi connectivity index (χ1) is 17.4. The molecule has 1 aliphatic rings. The van der Waals surface area contributed by atoms with Crippen LogP contribution < -0.4 is 10.1 Å². The Kier molecular flexibility index (Phi) is 6.73. The van der Waals surface area contributed by atoms with Gasteiger partial charge in [-0.05, 0) is 63.1 Å². The molecule has 36 heavy (non-hydrogen) atoms. The van der Waals surface area contributed by atoms with Crippen LogP contribution in [0, 0.1) is 0 Å². The van der Waals surface area contributed by atoms with E-state index in [9.17, 15) is 9.59 Å². The number of thiazole rings is 1. The Morgan fingerprint density at radius 1 is 1.06 bits per heavy atom. The van der Waals surface area contributed by atoms with Crippen molar-refractivity contribution in [2.24, 2.45) is 7.05 Å². The minimum atomic E-state index is -0.270. The summed E-state index contributed by atoms with van der Waals surface area (Å²) in [6, 6.07) is 15.1. The van der Waals surface area contributed by atoms with Crippen LogP contribution in [0.5, 0.6) is 5.75 Å². The summed E-state index contributed by atoms with van der Waals surface area (Å²) in [6.45, 7) is 5.27. The van der Waals surface area contributed by atoms with Crippen molar-refractivity contribution >= 4 is 40.1 Å². The molecule has 1 fully saturated rings. The van der Waals surface area contributed by atoms with Crippen LogP contribution >= 0.6 is 11.3 Å². The van der Waals surface area contributed by atoms with Gasteiger partial charge >= 0.3 is 0 Å². The first kappa shape index (κ1) is 24.0. The van der Waals surface area contributed by atoms with E-state index in [0.29, 0.717) is 30.3 Å². The number of imidazole rings is 1. The molecule has 2 amide bonds. The van der Waals surface area contributed by atoms with Crippen molar-refractivity contribution < 1.29 is 14.3 Å². The molecule has 2 aromatic carbocycles. The second kappa shape index (κ2) is 10.1. The molecule has 0 atom stereocenters. The zero-order valence-corrected chi connectivity index (χ0v) is 21.4. The lowest BCUT2D eigenvalue weighted by molar-refractivity contribution is 0.0713. The van der Waals surface area contributed by atoms with Gasteiger partial charge in [0.25, 0.3) is 11.8 Å². The maximum absolute atomic E-state index is 12.9. The van der Waals surface area contributed by atoms with E-state index in [1.54, 1.807) is 5.38 Å². The number of piperidine rings is 1. The summed E-state index contributed by atoms with van der Waals surface area (Å²) in [7, 11) is 1.88. The number of carbonyl (C=O) groups is 2. The number of nitrogens with zero attached hydrogens (tertiary/aromatic N) is 4. The molecule has 1 saturated heterocycles. The van der Waals surface area contributed by atoms with Gasteiger partial charge in [-0.2, -0.15) is 0 Å².